The van der Waals surface area contributed by atoms with Gasteiger partial charge in [0.15, 0.2) is 0 Å². The fourth-order valence-electron chi connectivity index (χ4n) is 4.33. The lowest BCUT2D eigenvalue weighted by Crippen LogP contribution is -2.39. The van der Waals surface area contributed by atoms with Gasteiger partial charge in [-0.15, -0.1) is 6.42 Å². The molecule has 3 aromatic rings. The highest BCUT2D eigenvalue weighted by Crippen LogP contribution is 2.43. The normalized spacial score (nSPS) is 14.3. The highest BCUT2D eigenvalue weighted by molar-refractivity contribution is 6.12. The van der Waals surface area contributed by atoms with Crippen molar-refractivity contribution in [1.82, 2.24) is 25.1 Å². The predicted octanol–water partition coefficient (Wildman–Crippen LogP) is 3.48. The Morgan fingerprint density at radius 1 is 1.27 bits per heavy atom. The van der Waals surface area contributed by atoms with Crippen LogP contribution in [-0.2, 0) is 12.1 Å². The van der Waals surface area contributed by atoms with Crippen LogP contribution in [0.3, 0.4) is 0 Å². The number of fused-ring (bicyclic) bond motifs is 1. The zero-order chi connectivity index (χ0) is 27.1. The van der Waals surface area contributed by atoms with E-state index in [1.54, 1.807) is 32.9 Å². The van der Waals surface area contributed by atoms with Crippen LogP contribution in [0.15, 0.2) is 30.7 Å². The summed E-state index contributed by atoms with van der Waals surface area (Å²) in [7, 11) is 1.39. The molecule has 0 radical (unpaired) electrons. The highest BCUT2D eigenvalue weighted by Gasteiger charge is 2.47. The van der Waals surface area contributed by atoms with E-state index in [-0.39, 0.29) is 23.7 Å². The van der Waals surface area contributed by atoms with Crippen molar-refractivity contribution in [3.05, 3.63) is 53.1 Å². The highest BCUT2D eigenvalue weighted by atomic mass is 19.4. The molecule has 0 unspecified atom stereocenters. The third-order valence-corrected chi connectivity index (χ3v) is 5.93. The summed E-state index contributed by atoms with van der Waals surface area (Å²) < 4.78 is 44.4. The molecule has 0 bridgehead atoms. The number of hydrogen-bond donors (Lipinski definition) is 1. The third-order valence-electron chi connectivity index (χ3n) is 5.93. The molecule has 2 amide bonds. The van der Waals surface area contributed by atoms with Gasteiger partial charge >= 0.3 is 6.18 Å². The number of nitrogens with zero attached hydrogens (tertiary/aromatic N) is 5. The molecule has 4 heterocycles. The Hall–Kier alpha value is -4.40. The zero-order valence-corrected chi connectivity index (χ0v) is 20.5. The second kappa shape index (κ2) is 9.24. The largest absolute Gasteiger partial charge is 0.480 e. The van der Waals surface area contributed by atoms with Crippen LogP contribution in [0.2, 0.25) is 0 Å². The lowest BCUT2D eigenvalue weighted by atomic mass is 9.96. The zero-order valence-electron chi connectivity index (χ0n) is 20.5. The number of carbonyl (C=O) groups is 2. The van der Waals surface area contributed by atoms with Crippen molar-refractivity contribution in [3.63, 3.8) is 0 Å². The molecular formula is C25H23F3N6O3. The van der Waals surface area contributed by atoms with Gasteiger partial charge in [0.2, 0.25) is 5.88 Å². The van der Waals surface area contributed by atoms with E-state index >= 15 is 0 Å². The standard InChI is InChI=1S/C25H23F3N6O3/c1-6-7-29-21(35)17-9-15(10-30-22(17)37-5)18-8-14(2)19-20(32-18)24(3,4)34(23(19)36)16-11-31-33(12-16)13-25(26,27)28/h1,8-12H,7,13H2,2-5H3,(H,29,35). The molecular weight excluding hydrogens is 489 g/mol. The van der Waals surface area contributed by atoms with E-state index in [4.69, 9.17) is 16.1 Å². The number of amides is 2. The van der Waals surface area contributed by atoms with Crippen molar-refractivity contribution >= 4 is 17.5 Å². The summed E-state index contributed by atoms with van der Waals surface area (Å²) in [6.07, 6.45) is 4.68. The minimum atomic E-state index is -4.45. The molecule has 192 valence electrons. The smallest absolute Gasteiger partial charge is 0.408 e. The monoisotopic (exact) mass is 512 g/mol. The second-order valence-electron chi connectivity index (χ2n) is 8.93. The van der Waals surface area contributed by atoms with Crippen LogP contribution in [0.25, 0.3) is 11.3 Å². The second-order valence-corrected chi connectivity index (χ2v) is 8.93. The summed E-state index contributed by atoms with van der Waals surface area (Å²) in [6, 6.07) is 3.25. The molecule has 1 aliphatic rings. The maximum Gasteiger partial charge on any atom is 0.408 e. The minimum Gasteiger partial charge on any atom is -0.480 e. The quantitative estimate of drug-likeness (QED) is 0.508. The number of methoxy groups -OCH3 is 1. The summed E-state index contributed by atoms with van der Waals surface area (Å²) in [4.78, 5) is 36.3. The first-order valence-corrected chi connectivity index (χ1v) is 11.1. The average Bonchev–Trinajstić information content (AvgIpc) is 3.34. The molecule has 0 aliphatic carbocycles. The van der Waals surface area contributed by atoms with Gasteiger partial charge in [0.1, 0.15) is 12.1 Å². The summed E-state index contributed by atoms with van der Waals surface area (Å²) in [5, 5.41) is 6.34. The number of alkyl halides is 3. The van der Waals surface area contributed by atoms with Gasteiger partial charge in [-0.1, -0.05) is 5.92 Å². The van der Waals surface area contributed by atoms with E-state index in [2.05, 4.69) is 21.3 Å². The van der Waals surface area contributed by atoms with Gasteiger partial charge in [-0.25, -0.2) is 9.97 Å². The molecule has 0 spiro atoms. The summed E-state index contributed by atoms with van der Waals surface area (Å²) in [5.41, 5.74) is 1.71. The van der Waals surface area contributed by atoms with Crippen LogP contribution >= 0.6 is 0 Å². The number of pyridine rings is 2. The number of aromatic nitrogens is 4. The minimum absolute atomic E-state index is 0.0219. The first kappa shape index (κ1) is 25.7. The summed E-state index contributed by atoms with van der Waals surface area (Å²) >= 11 is 0. The number of ether oxygens (including phenoxy) is 1. The van der Waals surface area contributed by atoms with Gasteiger partial charge in [0.25, 0.3) is 11.8 Å². The van der Waals surface area contributed by atoms with Crippen LogP contribution in [0.1, 0.15) is 45.8 Å². The summed E-state index contributed by atoms with van der Waals surface area (Å²) in [5.74, 6) is 1.56. The van der Waals surface area contributed by atoms with Gasteiger partial charge in [-0.3, -0.25) is 19.2 Å². The number of anilines is 1. The van der Waals surface area contributed by atoms with Crippen molar-refractivity contribution < 1.29 is 27.5 Å². The molecule has 0 fully saturated rings. The maximum atomic E-state index is 13.4. The molecule has 4 rings (SSSR count). The Morgan fingerprint density at radius 2 is 2.00 bits per heavy atom. The number of rotatable bonds is 6. The van der Waals surface area contributed by atoms with Gasteiger partial charge in [0.05, 0.1) is 48.0 Å². The van der Waals surface area contributed by atoms with Crippen molar-refractivity contribution in [2.75, 3.05) is 18.6 Å². The predicted molar refractivity (Wildman–Crippen MR) is 128 cm³/mol. The lowest BCUT2D eigenvalue weighted by Gasteiger charge is -2.30. The van der Waals surface area contributed by atoms with E-state index in [1.165, 1.54) is 30.6 Å². The van der Waals surface area contributed by atoms with Crippen molar-refractivity contribution in [2.45, 2.75) is 39.0 Å². The lowest BCUT2D eigenvalue weighted by molar-refractivity contribution is -0.142. The average molecular weight is 512 g/mol. The molecule has 0 aromatic carbocycles. The van der Waals surface area contributed by atoms with Crippen LogP contribution in [0, 0.1) is 19.3 Å². The molecule has 1 aliphatic heterocycles. The van der Waals surface area contributed by atoms with Crippen molar-refractivity contribution in [1.29, 1.82) is 0 Å². The van der Waals surface area contributed by atoms with Gasteiger partial charge in [-0.05, 0) is 38.5 Å². The molecule has 9 nitrogen and oxygen atoms in total. The molecule has 0 saturated heterocycles. The molecule has 3 aromatic heterocycles. The molecule has 1 N–H and O–H groups in total. The van der Waals surface area contributed by atoms with E-state index in [1.807, 2.05) is 0 Å². The first-order valence-electron chi connectivity index (χ1n) is 11.1. The van der Waals surface area contributed by atoms with E-state index < -0.39 is 30.1 Å². The molecule has 0 saturated carbocycles. The number of hydrogen-bond acceptors (Lipinski definition) is 6. The number of nitrogens with one attached hydrogen (secondary N) is 1. The molecule has 0 atom stereocenters. The Labute approximate surface area is 210 Å². The van der Waals surface area contributed by atoms with Crippen molar-refractivity contribution in [3.8, 4) is 29.5 Å². The van der Waals surface area contributed by atoms with Crippen LogP contribution in [-0.4, -0.2) is 51.4 Å². The fourth-order valence-corrected chi connectivity index (χ4v) is 4.33. The van der Waals surface area contributed by atoms with Crippen LogP contribution in [0.5, 0.6) is 5.88 Å². The number of carbonyl (C=O) groups excluding carboxylic acids is 2. The van der Waals surface area contributed by atoms with E-state index in [0.29, 0.717) is 28.1 Å². The molecule has 37 heavy (non-hydrogen) atoms. The molecule has 12 heteroatoms. The maximum absolute atomic E-state index is 13.4. The SMILES string of the molecule is C#CCNC(=O)c1cc(-c2cc(C)c3c(n2)C(C)(C)N(c2cnn(CC(F)(F)F)c2)C3=O)cnc1OC. The Kier molecular flexibility index (Phi) is 6.41. The van der Waals surface area contributed by atoms with E-state index in [9.17, 15) is 22.8 Å². The number of halogens is 3. The topological polar surface area (TPSA) is 102 Å². The first-order chi connectivity index (χ1) is 17.4. The van der Waals surface area contributed by atoms with Crippen LogP contribution in [0.4, 0.5) is 18.9 Å². The van der Waals surface area contributed by atoms with Crippen molar-refractivity contribution in [2.24, 2.45) is 0 Å². The Balaban J connectivity index is 1.75. The van der Waals surface area contributed by atoms with Gasteiger partial charge in [-0.2, -0.15) is 18.3 Å². The number of terminal acetylenes is 1. The third kappa shape index (κ3) is 4.72. The Morgan fingerprint density at radius 3 is 2.65 bits per heavy atom. The fraction of sp³-hybridized carbons (Fsp3) is 0.320. The van der Waals surface area contributed by atoms with E-state index in [0.717, 1.165) is 4.68 Å². The van der Waals surface area contributed by atoms with Gasteiger partial charge < -0.3 is 10.1 Å². The van der Waals surface area contributed by atoms with Gasteiger partial charge in [0, 0.05) is 18.0 Å². The number of aryl methyl sites for hydroxylation is 1. The Bertz CT molecular complexity index is 1440. The van der Waals surface area contributed by atoms with Crippen LogP contribution < -0.4 is 15.0 Å². The summed E-state index contributed by atoms with van der Waals surface area (Å²) in [6.45, 7) is 3.99.